The Hall–Kier alpha value is -2.77. The summed E-state index contributed by atoms with van der Waals surface area (Å²) in [5.41, 5.74) is 1.71. The molecule has 6 rings (SSSR count). The molecule has 0 radical (unpaired) electrons. The van der Waals surface area contributed by atoms with Gasteiger partial charge in [0.2, 0.25) is 0 Å². The predicted molar refractivity (Wildman–Crippen MR) is 120 cm³/mol. The van der Waals surface area contributed by atoms with Crippen LogP contribution >= 0.6 is 0 Å². The van der Waals surface area contributed by atoms with Crippen molar-refractivity contribution in [3.05, 3.63) is 58.6 Å². The highest BCUT2D eigenvalue weighted by atomic mass is 19.1. The average molecular weight is 423 g/mol. The molecule has 7 heteroatoms. The van der Waals surface area contributed by atoms with E-state index in [0.29, 0.717) is 34.8 Å². The van der Waals surface area contributed by atoms with Crippen LogP contribution in [-0.4, -0.2) is 58.4 Å². The molecule has 4 heterocycles. The first-order valence-electron chi connectivity index (χ1n) is 11.0. The topological polar surface area (TPSA) is 61.6 Å². The lowest BCUT2D eigenvalue weighted by molar-refractivity contribution is 0.250. The number of hydrogen-bond acceptors (Lipinski definition) is 5. The number of fused-ring (bicyclic) bond motifs is 5. The quantitative estimate of drug-likeness (QED) is 0.685. The fourth-order valence-electron chi connectivity index (χ4n) is 4.90. The molecule has 0 unspecified atom stereocenters. The Morgan fingerprint density at radius 1 is 1.06 bits per heavy atom. The lowest BCUT2D eigenvalue weighted by atomic mass is 10.0. The van der Waals surface area contributed by atoms with Crippen LogP contribution in [-0.2, 0) is 6.54 Å². The van der Waals surface area contributed by atoms with Gasteiger partial charge in [-0.15, -0.1) is 0 Å². The molecular weight excluding hydrogens is 395 g/mol. The van der Waals surface area contributed by atoms with Crippen molar-refractivity contribution in [2.24, 2.45) is 0 Å². The summed E-state index contributed by atoms with van der Waals surface area (Å²) in [5.74, 6) is -0.114. The van der Waals surface area contributed by atoms with Crippen molar-refractivity contribution < 1.29 is 9.50 Å². The van der Waals surface area contributed by atoms with E-state index in [-0.39, 0.29) is 18.7 Å². The Bertz CT molecular complexity index is 1150. The normalized spacial score (nSPS) is 20.9. The molecular formula is C24H27FN4O2. The maximum atomic E-state index is 14.5. The fourth-order valence-corrected chi connectivity index (χ4v) is 4.90. The zero-order valence-electron chi connectivity index (χ0n) is 17.5. The summed E-state index contributed by atoms with van der Waals surface area (Å²) in [6.07, 6.45) is 2.69. The summed E-state index contributed by atoms with van der Waals surface area (Å²) in [6, 6.07) is 12.7. The molecule has 0 spiro atoms. The third kappa shape index (κ3) is 3.72. The van der Waals surface area contributed by atoms with Gasteiger partial charge in [0.1, 0.15) is 11.6 Å². The first-order valence-corrected chi connectivity index (χ1v) is 11.0. The fraction of sp³-hybridized carbons (Fsp3) is 0.417. The van der Waals surface area contributed by atoms with Crippen LogP contribution in [0.25, 0.3) is 22.3 Å². The number of benzene rings is 2. The van der Waals surface area contributed by atoms with E-state index in [4.69, 9.17) is 0 Å². The summed E-state index contributed by atoms with van der Waals surface area (Å²) in [5, 5.41) is 9.87. The van der Waals surface area contributed by atoms with Crippen molar-refractivity contribution in [3.63, 3.8) is 0 Å². The van der Waals surface area contributed by atoms with Crippen molar-refractivity contribution >= 4 is 16.6 Å². The number of aliphatic hydroxyl groups excluding tert-OH is 1. The molecule has 3 aliphatic rings. The number of aliphatic hydroxyl groups is 1. The molecule has 1 N–H and O–H groups in total. The van der Waals surface area contributed by atoms with E-state index in [9.17, 15) is 14.3 Å². The smallest absolute Gasteiger partial charge is 0.261 e. The van der Waals surface area contributed by atoms with Gasteiger partial charge in [-0.2, -0.15) is 0 Å². The Labute approximate surface area is 180 Å². The number of halogens is 1. The van der Waals surface area contributed by atoms with Gasteiger partial charge < -0.3 is 14.9 Å². The van der Waals surface area contributed by atoms with Crippen LogP contribution in [0.3, 0.4) is 0 Å². The Kier molecular flexibility index (Phi) is 5.46. The Balaban J connectivity index is 1.63. The second kappa shape index (κ2) is 8.40. The summed E-state index contributed by atoms with van der Waals surface area (Å²) in [4.78, 5) is 23.1. The average Bonchev–Trinajstić information content (AvgIpc) is 3.13. The molecule has 6 nitrogen and oxygen atoms in total. The highest BCUT2D eigenvalue weighted by Gasteiger charge is 2.29. The standard InChI is InChI=1S/C24H27FN4O2/c25-21-5-2-1-4-19(21)23-26-22-7-6-18(16-20(22)24(31)29(23)10-3-15-30)28-14-13-27-11-8-17(28)9-12-27/h1-2,4-7,16-17,30H,3,8-15H2. The first-order chi connectivity index (χ1) is 15.2. The number of nitrogens with zero attached hydrogens (tertiary/aromatic N) is 4. The van der Waals surface area contributed by atoms with Gasteiger partial charge in [-0.3, -0.25) is 9.36 Å². The van der Waals surface area contributed by atoms with E-state index < -0.39 is 5.82 Å². The van der Waals surface area contributed by atoms with Gasteiger partial charge in [-0.1, -0.05) is 12.1 Å². The molecule has 3 aliphatic heterocycles. The largest absolute Gasteiger partial charge is 0.396 e. The van der Waals surface area contributed by atoms with Crippen molar-refractivity contribution in [3.8, 4) is 11.4 Å². The van der Waals surface area contributed by atoms with E-state index in [2.05, 4.69) is 14.8 Å². The number of hydrogen-bond donors (Lipinski definition) is 1. The number of aromatic nitrogens is 2. The molecule has 3 saturated heterocycles. The summed E-state index contributed by atoms with van der Waals surface area (Å²) < 4.78 is 16.0. The van der Waals surface area contributed by atoms with Gasteiger partial charge in [0, 0.05) is 51.1 Å². The third-order valence-corrected chi connectivity index (χ3v) is 6.58. The van der Waals surface area contributed by atoms with Crippen LogP contribution in [0.1, 0.15) is 19.3 Å². The Morgan fingerprint density at radius 2 is 1.87 bits per heavy atom. The van der Waals surface area contributed by atoms with E-state index in [1.165, 1.54) is 10.6 Å². The minimum atomic E-state index is -0.418. The van der Waals surface area contributed by atoms with Crippen molar-refractivity contribution in [2.45, 2.75) is 31.8 Å². The highest BCUT2D eigenvalue weighted by Crippen LogP contribution is 2.29. The zero-order chi connectivity index (χ0) is 21.4. The van der Waals surface area contributed by atoms with Gasteiger partial charge in [0.15, 0.2) is 0 Å². The molecule has 2 bridgehead atoms. The second-order valence-electron chi connectivity index (χ2n) is 8.42. The summed E-state index contributed by atoms with van der Waals surface area (Å²) >= 11 is 0. The molecule has 162 valence electrons. The zero-order valence-corrected chi connectivity index (χ0v) is 17.5. The van der Waals surface area contributed by atoms with Crippen LogP contribution in [0.4, 0.5) is 10.1 Å². The molecule has 0 aliphatic carbocycles. The maximum absolute atomic E-state index is 14.5. The summed E-state index contributed by atoms with van der Waals surface area (Å²) in [7, 11) is 0. The van der Waals surface area contributed by atoms with Crippen LogP contribution in [0.2, 0.25) is 0 Å². The second-order valence-corrected chi connectivity index (χ2v) is 8.42. The van der Waals surface area contributed by atoms with Gasteiger partial charge in [0.25, 0.3) is 5.56 Å². The molecule has 2 aromatic carbocycles. The maximum Gasteiger partial charge on any atom is 0.261 e. The molecule has 0 saturated carbocycles. The number of rotatable bonds is 5. The molecule has 0 amide bonds. The SMILES string of the molecule is O=c1c2cc(N3CCN4CCC3CC4)ccc2nc(-c2ccccc2F)n1CCCO. The van der Waals surface area contributed by atoms with Crippen LogP contribution in [0.15, 0.2) is 47.3 Å². The van der Waals surface area contributed by atoms with Crippen LogP contribution in [0.5, 0.6) is 0 Å². The highest BCUT2D eigenvalue weighted by molar-refractivity contribution is 5.83. The van der Waals surface area contributed by atoms with Gasteiger partial charge in [-0.05, 0) is 49.6 Å². The monoisotopic (exact) mass is 422 g/mol. The van der Waals surface area contributed by atoms with E-state index >= 15 is 0 Å². The lowest BCUT2D eigenvalue weighted by Gasteiger charge is -2.33. The van der Waals surface area contributed by atoms with Crippen LogP contribution in [0, 0.1) is 5.82 Å². The minimum absolute atomic E-state index is 0.0484. The number of anilines is 1. The number of piperidine rings is 1. The Morgan fingerprint density at radius 3 is 2.65 bits per heavy atom. The van der Waals surface area contributed by atoms with Crippen molar-refractivity contribution in [1.29, 1.82) is 0 Å². The first kappa shape index (κ1) is 20.2. The summed E-state index contributed by atoms with van der Waals surface area (Å²) in [6.45, 7) is 4.50. The molecule has 0 atom stereocenters. The predicted octanol–water partition coefficient (Wildman–Crippen LogP) is 2.87. The van der Waals surface area contributed by atoms with E-state index in [0.717, 1.165) is 44.7 Å². The van der Waals surface area contributed by atoms with Crippen molar-refractivity contribution in [1.82, 2.24) is 14.5 Å². The third-order valence-electron chi connectivity index (χ3n) is 6.58. The van der Waals surface area contributed by atoms with Gasteiger partial charge >= 0.3 is 0 Å². The molecule has 31 heavy (non-hydrogen) atoms. The van der Waals surface area contributed by atoms with Crippen LogP contribution < -0.4 is 10.5 Å². The molecule has 3 fully saturated rings. The molecule has 3 aromatic rings. The molecule has 1 aromatic heterocycles. The minimum Gasteiger partial charge on any atom is -0.396 e. The van der Waals surface area contributed by atoms with Gasteiger partial charge in [0.05, 0.1) is 16.5 Å². The lowest BCUT2D eigenvalue weighted by Crippen LogP contribution is -2.38. The van der Waals surface area contributed by atoms with E-state index in [1.54, 1.807) is 18.2 Å². The van der Waals surface area contributed by atoms with Crippen molar-refractivity contribution in [2.75, 3.05) is 37.7 Å². The van der Waals surface area contributed by atoms with Gasteiger partial charge in [-0.25, -0.2) is 9.37 Å². The van der Waals surface area contributed by atoms with E-state index in [1.807, 2.05) is 18.2 Å².